The average molecular weight is 363 g/mol. The van der Waals surface area contributed by atoms with Crippen LogP contribution in [0.4, 0.5) is 11.4 Å². The molecule has 3 heteroatoms. The number of fused-ring (bicyclic) bond motifs is 3. The van der Waals surface area contributed by atoms with E-state index < -0.39 is 0 Å². The Bertz CT molecular complexity index is 901. The molecule has 0 aromatic heterocycles. The molecule has 0 saturated carbocycles. The SMILES string of the molecule is CN(C)c1ccc2c(c1)-c1cc(N(C)C)ccc1C2c1ccc(Cl)cc1. The molecule has 0 amide bonds. The Morgan fingerprint density at radius 2 is 1.12 bits per heavy atom. The lowest BCUT2D eigenvalue weighted by atomic mass is 9.89. The first-order valence-electron chi connectivity index (χ1n) is 8.84. The third-order valence-corrected chi connectivity index (χ3v) is 5.47. The van der Waals surface area contributed by atoms with Gasteiger partial charge in [0.2, 0.25) is 0 Å². The molecule has 0 fully saturated rings. The Kier molecular flexibility index (Phi) is 4.16. The number of anilines is 2. The molecule has 132 valence electrons. The van der Waals surface area contributed by atoms with Crippen LogP contribution in [0.3, 0.4) is 0 Å². The minimum atomic E-state index is 0.254. The second kappa shape index (κ2) is 6.37. The van der Waals surface area contributed by atoms with Crippen LogP contribution in [0.2, 0.25) is 5.02 Å². The van der Waals surface area contributed by atoms with Gasteiger partial charge in [0.1, 0.15) is 0 Å². The van der Waals surface area contributed by atoms with E-state index in [9.17, 15) is 0 Å². The van der Waals surface area contributed by atoms with Crippen molar-refractivity contribution in [2.75, 3.05) is 38.0 Å². The Morgan fingerprint density at radius 3 is 1.54 bits per heavy atom. The first kappa shape index (κ1) is 17.0. The van der Waals surface area contributed by atoms with E-state index in [-0.39, 0.29) is 5.92 Å². The van der Waals surface area contributed by atoms with Crippen molar-refractivity contribution in [2.45, 2.75) is 5.92 Å². The molecule has 3 aromatic carbocycles. The van der Waals surface area contributed by atoms with E-state index in [1.165, 1.54) is 39.2 Å². The predicted molar refractivity (Wildman–Crippen MR) is 113 cm³/mol. The lowest BCUT2D eigenvalue weighted by Gasteiger charge is -2.17. The van der Waals surface area contributed by atoms with Gasteiger partial charge in [-0.05, 0) is 64.2 Å². The molecule has 0 bridgehead atoms. The summed E-state index contributed by atoms with van der Waals surface area (Å²) in [5.74, 6) is 0.254. The fraction of sp³-hybridized carbons (Fsp3) is 0.217. The summed E-state index contributed by atoms with van der Waals surface area (Å²) in [6.45, 7) is 0. The minimum Gasteiger partial charge on any atom is -0.378 e. The highest BCUT2D eigenvalue weighted by molar-refractivity contribution is 6.30. The number of halogens is 1. The van der Waals surface area contributed by atoms with Crippen molar-refractivity contribution in [1.82, 2.24) is 0 Å². The molecule has 1 aliphatic carbocycles. The number of hydrogen-bond donors (Lipinski definition) is 0. The van der Waals surface area contributed by atoms with Gasteiger partial charge in [-0.15, -0.1) is 0 Å². The van der Waals surface area contributed by atoms with Crippen LogP contribution in [0.5, 0.6) is 0 Å². The zero-order valence-corrected chi connectivity index (χ0v) is 16.4. The molecule has 0 spiro atoms. The molecule has 0 atom stereocenters. The third-order valence-electron chi connectivity index (χ3n) is 5.22. The first-order chi connectivity index (χ1) is 12.5. The normalized spacial score (nSPS) is 12.7. The average Bonchev–Trinajstić information content (AvgIpc) is 2.95. The summed E-state index contributed by atoms with van der Waals surface area (Å²) in [6.07, 6.45) is 0. The van der Waals surface area contributed by atoms with Crippen molar-refractivity contribution in [2.24, 2.45) is 0 Å². The molecule has 0 heterocycles. The third kappa shape index (κ3) is 2.75. The number of rotatable bonds is 3. The van der Waals surface area contributed by atoms with Gasteiger partial charge in [-0.2, -0.15) is 0 Å². The molecular weight excluding hydrogens is 340 g/mol. The van der Waals surface area contributed by atoms with Crippen LogP contribution in [0.25, 0.3) is 11.1 Å². The van der Waals surface area contributed by atoms with Crippen LogP contribution in [0.1, 0.15) is 22.6 Å². The van der Waals surface area contributed by atoms with Gasteiger partial charge in [-0.1, -0.05) is 35.9 Å². The van der Waals surface area contributed by atoms with Gasteiger partial charge in [0.05, 0.1) is 0 Å². The van der Waals surface area contributed by atoms with E-state index in [2.05, 4.69) is 86.5 Å². The van der Waals surface area contributed by atoms with Crippen LogP contribution in [0.15, 0.2) is 60.7 Å². The second-order valence-electron chi connectivity index (χ2n) is 7.32. The van der Waals surface area contributed by atoms with E-state index in [0.29, 0.717) is 0 Å². The maximum Gasteiger partial charge on any atom is 0.0406 e. The Balaban J connectivity index is 1.95. The fourth-order valence-corrected chi connectivity index (χ4v) is 3.92. The van der Waals surface area contributed by atoms with Crippen molar-refractivity contribution in [1.29, 1.82) is 0 Å². The number of hydrogen-bond acceptors (Lipinski definition) is 2. The second-order valence-corrected chi connectivity index (χ2v) is 7.75. The maximum atomic E-state index is 6.12. The van der Waals surface area contributed by atoms with Gasteiger partial charge in [-0.25, -0.2) is 0 Å². The van der Waals surface area contributed by atoms with E-state index in [0.717, 1.165) is 5.02 Å². The summed E-state index contributed by atoms with van der Waals surface area (Å²) < 4.78 is 0. The van der Waals surface area contributed by atoms with Gasteiger partial charge in [0, 0.05) is 50.5 Å². The molecule has 0 unspecified atom stereocenters. The molecule has 2 nitrogen and oxygen atoms in total. The number of nitrogens with zero attached hydrogens (tertiary/aromatic N) is 2. The van der Waals surface area contributed by atoms with E-state index in [1.54, 1.807) is 0 Å². The van der Waals surface area contributed by atoms with Crippen molar-refractivity contribution in [3.05, 3.63) is 82.4 Å². The monoisotopic (exact) mass is 362 g/mol. The van der Waals surface area contributed by atoms with Crippen LogP contribution in [-0.4, -0.2) is 28.2 Å². The quantitative estimate of drug-likeness (QED) is 0.466. The van der Waals surface area contributed by atoms with Crippen molar-refractivity contribution in [3.63, 3.8) is 0 Å². The van der Waals surface area contributed by atoms with Gasteiger partial charge < -0.3 is 9.80 Å². The summed E-state index contributed by atoms with van der Waals surface area (Å²) in [6, 6.07) is 21.8. The predicted octanol–water partition coefficient (Wildman–Crippen LogP) is 5.63. The van der Waals surface area contributed by atoms with Gasteiger partial charge >= 0.3 is 0 Å². The fourth-order valence-electron chi connectivity index (χ4n) is 3.80. The van der Waals surface area contributed by atoms with Crippen molar-refractivity contribution < 1.29 is 0 Å². The topological polar surface area (TPSA) is 6.48 Å². The number of benzene rings is 3. The summed E-state index contributed by atoms with van der Waals surface area (Å²) in [4.78, 5) is 4.32. The highest BCUT2D eigenvalue weighted by Crippen LogP contribution is 2.50. The maximum absolute atomic E-state index is 6.12. The van der Waals surface area contributed by atoms with Crippen LogP contribution in [0, 0.1) is 0 Å². The Hall–Kier alpha value is -2.45. The molecule has 0 radical (unpaired) electrons. The van der Waals surface area contributed by atoms with E-state index in [4.69, 9.17) is 11.6 Å². The van der Waals surface area contributed by atoms with E-state index in [1.807, 2.05) is 12.1 Å². The molecule has 0 N–H and O–H groups in total. The summed E-state index contributed by atoms with van der Waals surface area (Å²) >= 11 is 6.12. The van der Waals surface area contributed by atoms with Crippen LogP contribution < -0.4 is 9.80 Å². The molecule has 3 aromatic rings. The van der Waals surface area contributed by atoms with Crippen molar-refractivity contribution in [3.8, 4) is 11.1 Å². The zero-order valence-electron chi connectivity index (χ0n) is 15.6. The molecule has 0 saturated heterocycles. The summed E-state index contributed by atoms with van der Waals surface area (Å²) in [7, 11) is 8.35. The molecule has 0 aliphatic heterocycles. The van der Waals surface area contributed by atoms with Gasteiger partial charge in [0.25, 0.3) is 0 Å². The Labute approximate surface area is 160 Å². The van der Waals surface area contributed by atoms with Crippen LogP contribution >= 0.6 is 11.6 Å². The lowest BCUT2D eigenvalue weighted by molar-refractivity contribution is 1.01. The minimum absolute atomic E-state index is 0.254. The zero-order chi connectivity index (χ0) is 18.4. The molecule has 26 heavy (non-hydrogen) atoms. The standard InChI is InChI=1S/C23H23ClN2/c1-25(2)17-9-11-19-21(13-17)22-14-18(26(3)4)10-12-20(22)23(19)15-5-7-16(24)8-6-15/h5-14,23H,1-4H3. The van der Waals surface area contributed by atoms with Crippen LogP contribution in [-0.2, 0) is 0 Å². The summed E-state index contributed by atoms with van der Waals surface area (Å²) in [5.41, 5.74) is 9.12. The molecule has 4 rings (SSSR count). The van der Waals surface area contributed by atoms with Gasteiger partial charge in [0.15, 0.2) is 0 Å². The lowest BCUT2D eigenvalue weighted by Crippen LogP contribution is -2.09. The highest BCUT2D eigenvalue weighted by Gasteiger charge is 2.30. The van der Waals surface area contributed by atoms with E-state index >= 15 is 0 Å². The molecular formula is C23H23ClN2. The molecule has 1 aliphatic rings. The first-order valence-corrected chi connectivity index (χ1v) is 9.22. The van der Waals surface area contributed by atoms with Crippen molar-refractivity contribution >= 4 is 23.0 Å². The largest absolute Gasteiger partial charge is 0.378 e. The van der Waals surface area contributed by atoms with Gasteiger partial charge in [-0.3, -0.25) is 0 Å². The smallest absolute Gasteiger partial charge is 0.0406 e. The summed E-state index contributed by atoms with van der Waals surface area (Å²) in [5, 5.41) is 0.776. The highest BCUT2D eigenvalue weighted by atomic mass is 35.5. The Morgan fingerprint density at radius 1 is 0.654 bits per heavy atom.